The van der Waals surface area contributed by atoms with E-state index in [2.05, 4.69) is 71.2 Å². The monoisotopic (exact) mass is 516 g/mol. The van der Waals surface area contributed by atoms with E-state index in [0.717, 1.165) is 32.1 Å². The highest BCUT2D eigenvalue weighted by molar-refractivity contribution is 14.0. The van der Waals surface area contributed by atoms with Gasteiger partial charge in [-0.15, -0.1) is 35.3 Å². The number of benzene rings is 1. The maximum absolute atomic E-state index is 5.92. The van der Waals surface area contributed by atoms with Crippen LogP contribution in [0.1, 0.15) is 35.9 Å². The first-order valence-electron chi connectivity index (χ1n) is 9.42. The van der Waals surface area contributed by atoms with E-state index in [1.165, 1.54) is 10.4 Å². The van der Waals surface area contributed by atoms with Crippen molar-refractivity contribution in [3.05, 3.63) is 58.3 Å². The lowest BCUT2D eigenvalue weighted by Gasteiger charge is -2.24. The van der Waals surface area contributed by atoms with E-state index in [0.29, 0.717) is 6.04 Å². The number of thiophene rings is 1. The molecule has 0 amide bonds. The Morgan fingerprint density at radius 2 is 1.89 bits per heavy atom. The SMILES string of the molecule is CN=C(NCCCOC(C)c1ccccc1)NCC(c1cccs1)N(C)C.I. The molecule has 0 fully saturated rings. The largest absolute Gasteiger partial charge is 0.374 e. The van der Waals surface area contributed by atoms with Crippen molar-refractivity contribution < 1.29 is 4.74 Å². The van der Waals surface area contributed by atoms with Crippen molar-refractivity contribution in [3.8, 4) is 0 Å². The fourth-order valence-electron chi connectivity index (χ4n) is 2.79. The molecule has 2 unspecified atom stereocenters. The predicted octanol–water partition coefficient (Wildman–Crippen LogP) is 4.30. The number of guanidine groups is 1. The van der Waals surface area contributed by atoms with E-state index in [1.54, 1.807) is 18.4 Å². The van der Waals surface area contributed by atoms with Crippen molar-refractivity contribution in [2.24, 2.45) is 4.99 Å². The summed E-state index contributed by atoms with van der Waals surface area (Å²) in [6.45, 7) is 4.45. The predicted molar refractivity (Wildman–Crippen MR) is 131 cm³/mol. The van der Waals surface area contributed by atoms with E-state index < -0.39 is 0 Å². The average Bonchev–Trinajstić information content (AvgIpc) is 3.21. The minimum absolute atomic E-state index is 0. The third kappa shape index (κ3) is 8.46. The fourth-order valence-corrected chi connectivity index (χ4v) is 3.71. The second-order valence-electron chi connectivity index (χ2n) is 6.65. The zero-order valence-corrected chi connectivity index (χ0v) is 20.4. The van der Waals surface area contributed by atoms with Gasteiger partial charge in [0.05, 0.1) is 12.1 Å². The molecule has 0 bridgehead atoms. The number of likely N-dealkylation sites (N-methyl/N-ethyl adjacent to an activating group) is 1. The molecular weight excluding hydrogens is 483 g/mol. The van der Waals surface area contributed by atoms with Gasteiger partial charge in [0, 0.05) is 31.6 Å². The lowest BCUT2D eigenvalue weighted by atomic mass is 10.1. The lowest BCUT2D eigenvalue weighted by Crippen LogP contribution is -2.42. The Balaban J connectivity index is 0.00000392. The fraction of sp³-hybridized carbons (Fsp3) is 0.476. The molecule has 0 radical (unpaired) electrons. The van der Waals surface area contributed by atoms with Crippen LogP contribution >= 0.6 is 35.3 Å². The summed E-state index contributed by atoms with van der Waals surface area (Å²) >= 11 is 1.79. The van der Waals surface area contributed by atoms with Crippen molar-refractivity contribution in [1.29, 1.82) is 0 Å². The molecule has 0 aliphatic heterocycles. The van der Waals surface area contributed by atoms with Crippen LogP contribution in [0.5, 0.6) is 0 Å². The van der Waals surface area contributed by atoms with Gasteiger partial charge >= 0.3 is 0 Å². The minimum Gasteiger partial charge on any atom is -0.374 e. The Kier molecular flexibility index (Phi) is 12.4. The molecule has 0 saturated heterocycles. The van der Waals surface area contributed by atoms with Gasteiger partial charge in [-0.1, -0.05) is 36.4 Å². The van der Waals surface area contributed by atoms with Gasteiger partial charge in [0.2, 0.25) is 0 Å². The number of hydrogen-bond acceptors (Lipinski definition) is 4. The van der Waals surface area contributed by atoms with Crippen molar-refractivity contribution in [2.45, 2.75) is 25.5 Å². The van der Waals surface area contributed by atoms with Crippen LogP contribution in [0, 0.1) is 0 Å². The zero-order chi connectivity index (χ0) is 19.5. The maximum atomic E-state index is 5.92. The Bertz CT molecular complexity index is 664. The van der Waals surface area contributed by atoms with E-state index in [9.17, 15) is 0 Å². The third-order valence-corrected chi connectivity index (χ3v) is 5.41. The number of aliphatic imine (C=N–C) groups is 1. The summed E-state index contributed by atoms with van der Waals surface area (Å²) in [6.07, 6.45) is 1.05. The van der Waals surface area contributed by atoms with E-state index in [4.69, 9.17) is 4.74 Å². The van der Waals surface area contributed by atoms with Gasteiger partial charge in [0.1, 0.15) is 0 Å². The second kappa shape index (κ2) is 13.9. The number of halogens is 1. The van der Waals surface area contributed by atoms with Crippen LogP contribution in [0.2, 0.25) is 0 Å². The Labute approximate surface area is 190 Å². The van der Waals surface area contributed by atoms with Crippen LogP contribution in [0.25, 0.3) is 0 Å². The summed E-state index contributed by atoms with van der Waals surface area (Å²) < 4.78 is 5.92. The van der Waals surface area contributed by atoms with Gasteiger partial charge in [-0.05, 0) is 44.4 Å². The second-order valence-corrected chi connectivity index (χ2v) is 7.63. The molecule has 7 heteroatoms. The summed E-state index contributed by atoms with van der Waals surface area (Å²) in [7, 11) is 6.01. The quantitative estimate of drug-likeness (QED) is 0.214. The summed E-state index contributed by atoms with van der Waals surface area (Å²) in [5.74, 6) is 0.828. The molecule has 0 saturated carbocycles. The molecule has 28 heavy (non-hydrogen) atoms. The van der Waals surface area contributed by atoms with Gasteiger partial charge in [-0.3, -0.25) is 4.99 Å². The number of nitrogens with zero attached hydrogens (tertiary/aromatic N) is 2. The van der Waals surface area contributed by atoms with Crippen molar-refractivity contribution in [3.63, 3.8) is 0 Å². The molecule has 5 nitrogen and oxygen atoms in total. The first kappa shape index (κ1) is 24.9. The van der Waals surface area contributed by atoms with Crippen molar-refractivity contribution in [2.75, 3.05) is 40.8 Å². The third-order valence-electron chi connectivity index (χ3n) is 4.43. The van der Waals surface area contributed by atoms with Gasteiger partial charge in [-0.2, -0.15) is 0 Å². The summed E-state index contributed by atoms with van der Waals surface area (Å²) in [5, 5.41) is 8.91. The average molecular weight is 516 g/mol. The van der Waals surface area contributed by atoms with Crippen LogP contribution in [0.3, 0.4) is 0 Å². The Morgan fingerprint density at radius 1 is 1.14 bits per heavy atom. The van der Waals surface area contributed by atoms with Gasteiger partial charge < -0.3 is 20.3 Å². The highest BCUT2D eigenvalue weighted by Gasteiger charge is 2.15. The minimum atomic E-state index is 0. The Morgan fingerprint density at radius 3 is 2.50 bits per heavy atom. The first-order valence-corrected chi connectivity index (χ1v) is 10.3. The first-order chi connectivity index (χ1) is 13.1. The number of hydrogen-bond donors (Lipinski definition) is 2. The van der Waals surface area contributed by atoms with E-state index in [-0.39, 0.29) is 30.1 Å². The highest BCUT2D eigenvalue weighted by atomic mass is 127. The smallest absolute Gasteiger partial charge is 0.191 e. The van der Waals surface area contributed by atoms with Crippen molar-refractivity contribution in [1.82, 2.24) is 15.5 Å². The lowest BCUT2D eigenvalue weighted by molar-refractivity contribution is 0.0646. The topological polar surface area (TPSA) is 48.9 Å². The normalized spacial score (nSPS) is 13.7. The van der Waals surface area contributed by atoms with Crippen LogP contribution < -0.4 is 10.6 Å². The summed E-state index contributed by atoms with van der Waals surface area (Å²) in [6, 6.07) is 14.9. The molecule has 156 valence electrons. The molecular formula is C21H33IN4OS. The maximum Gasteiger partial charge on any atom is 0.191 e. The van der Waals surface area contributed by atoms with E-state index >= 15 is 0 Å². The number of ether oxygens (including phenoxy) is 1. The van der Waals surface area contributed by atoms with E-state index in [1.807, 2.05) is 18.2 Å². The molecule has 0 aliphatic carbocycles. The highest BCUT2D eigenvalue weighted by Crippen LogP contribution is 2.22. The zero-order valence-electron chi connectivity index (χ0n) is 17.2. The van der Waals surface area contributed by atoms with Crippen LogP contribution in [-0.4, -0.2) is 51.7 Å². The molecule has 2 aromatic rings. The van der Waals surface area contributed by atoms with Gasteiger partial charge in [0.15, 0.2) is 5.96 Å². The van der Waals surface area contributed by atoms with Gasteiger partial charge in [-0.25, -0.2) is 0 Å². The molecule has 1 aromatic carbocycles. The van der Waals surface area contributed by atoms with Crippen LogP contribution in [0.15, 0.2) is 52.8 Å². The molecule has 0 spiro atoms. The number of nitrogens with one attached hydrogen (secondary N) is 2. The molecule has 2 N–H and O–H groups in total. The molecule has 2 atom stereocenters. The molecule has 0 aliphatic rings. The number of rotatable bonds is 10. The van der Waals surface area contributed by atoms with Crippen LogP contribution in [-0.2, 0) is 4.74 Å². The summed E-state index contributed by atoms with van der Waals surface area (Å²) in [5.41, 5.74) is 1.21. The van der Waals surface area contributed by atoms with Crippen LogP contribution in [0.4, 0.5) is 0 Å². The molecule has 1 aromatic heterocycles. The standard InChI is InChI=1S/C21H32N4OS.HI/c1-17(18-10-6-5-7-11-18)26-14-9-13-23-21(22-2)24-16-19(25(3)4)20-12-8-15-27-20;/h5-8,10-12,15,17,19H,9,13-14,16H2,1-4H3,(H2,22,23,24);1H. The molecule has 1 heterocycles. The van der Waals surface area contributed by atoms with Gasteiger partial charge in [0.25, 0.3) is 0 Å². The summed E-state index contributed by atoms with van der Waals surface area (Å²) in [4.78, 5) is 7.90. The van der Waals surface area contributed by atoms with Crippen molar-refractivity contribution >= 4 is 41.3 Å². The Hall–Kier alpha value is -1.16. The molecule has 2 rings (SSSR count).